The molecule has 9 heteroatoms. The molecule has 1 aliphatic rings. The first kappa shape index (κ1) is 23.7. The maximum absolute atomic E-state index is 12.8. The number of benzene rings is 2. The highest BCUT2D eigenvalue weighted by molar-refractivity contribution is 6.30. The van der Waals surface area contributed by atoms with Gasteiger partial charge in [-0.2, -0.15) is 0 Å². The summed E-state index contributed by atoms with van der Waals surface area (Å²) in [5.74, 6) is 1.57. The number of carbonyl (C=O) groups excluding carboxylic acids is 2. The van der Waals surface area contributed by atoms with Crippen LogP contribution >= 0.6 is 11.6 Å². The molecule has 0 saturated carbocycles. The van der Waals surface area contributed by atoms with Crippen LogP contribution in [0, 0.1) is 0 Å². The first-order chi connectivity index (χ1) is 15.4. The van der Waals surface area contributed by atoms with Crippen LogP contribution < -0.4 is 20.5 Å². The van der Waals surface area contributed by atoms with E-state index in [0.29, 0.717) is 24.7 Å². The van der Waals surface area contributed by atoms with Crippen molar-refractivity contribution in [1.29, 1.82) is 0 Å². The normalized spacial score (nSPS) is 15.1. The fraction of sp³-hybridized carbons (Fsp3) is 0.391. The highest BCUT2D eigenvalue weighted by atomic mass is 35.5. The zero-order chi connectivity index (χ0) is 22.9. The molecule has 0 radical (unpaired) electrons. The first-order valence-electron chi connectivity index (χ1n) is 10.5. The molecule has 2 aromatic carbocycles. The number of nitrogens with two attached hydrogens (primary N) is 1. The molecule has 1 atom stereocenters. The highest BCUT2D eigenvalue weighted by Crippen LogP contribution is 2.21. The van der Waals surface area contributed by atoms with E-state index in [1.54, 1.807) is 31.4 Å². The van der Waals surface area contributed by atoms with Crippen molar-refractivity contribution >= 4 is 23.5 Å². The molecule has 3 N–H and O–H groups in total. The number of ether oxygens (including phenoxy) is 2. The Bertz CT molecular complexity index is 884. The standard InChI is InChI=1S/C23H29ClN4O4/c1-31-19-6-8-20(9-7-19)32-15-14-27-10-12-28(13-11-27)22(29)16-21(26-23(25)30)17-2-4-18(24)5-3-17/h2-9,21H,10-16H2,1H3,(H3,25,26,30). The summed E-state index contributed by atoms with van der Waals surface area (Å²) in [6.07, 6.45) is 0.144. The van der Waals surface area contributed by atoms with E-state index in [-0.39, 0.29) is 12.3 Å². The number of halogens is 1. The third-order valence-corrected chi connectivity index (χ3v) is 5.68. The van der Waals surface area contributed by atoms with Crippen LogP contribution in [0.2, 0.25) is 5.02 Å². The Labute approximate surface area is 193 Å². The molecule has 0 bridgehead atoms. The monoisotopic (exact) mass is 460 g/mol. The van der Waals surface area contributed by atoms with Gasteiger partial charge in [-0.25, -0.2) is 4.79 Å². The number of methoxy groups -OCH3 is 1. The first-order valence-corrected chi connectivity index (χ1v) is 10.9. The molecule has 0 aliphatic carbocycles. The molecule has 1 saturated heterocycles. The number of rotatable bonds is 9. The van der Waals surface area contributed by atoms with Gasteiger partial charge in [0.1, 0.15) is 18.1 Å². The van der Waals surface area contributed by atoms with E-state index in [1.807, 2.05) is 29.2 Å². The van der Waals surface area contributed by atoms with Crippen molar-refractivity contribution in [3.8, 4) is 11.5 Å². The number of nitrogens with zero attached hydrogens (tertiary/aromatic N) is 2. The van der Waals surface area contributed by atoms with Gasteiger partial charge in [0.2, 0.25) is 5.91 Å². The second-order valence-corrected chi connectivity index (χ2v) is 8.00. The summed E-state index contributed by atoms with van der Waals surface area (Å²) in [6.45, 7) is 4.15. The van der Waals surface area contributed by atoms with Crippen molar-refractivity contribution < 1.29 is 19.1 Å². The van der Waals surface area contributed by atoms with Crippen LogP contribution in [0.1, 0.15) is 18.0 Å². The van der Waals surface area contributed by atoms with Gasteiger partial charge in [0.05, 0.1) is 19.6 Å². The van der Waals surface area contributed by atoms with Crippen LogP contribution in [0.4, 0.5) is 4.79 Å². The summed E-state index contributed by atoms with van der Waals surface area (Å²) in [6, 6.07) is 13.4. The predicted molar refractivity (Wildman–Crippen MR) is 123 cm³/mol. The van der Waals surface area contributed by atoms with Crippen molar-refractivity contribution in [3.05, 3.63) is 59.1 Å². The van der Waals surface area contributed by atoms with E-state index in [1.165, 1.54) is 0 Å². The van der Waals surface area contributed by atoms with Crippen molar-refractivity contribution in [3.63, 3.8) is 0 Å². The van der Waals surface area contributed by atoms with Gasteiger partial charge in [-0.15, -0.1) is 0 Å². The molecule has 2 aromatic rings. The molecular formula is C23H29ClN4O4. The topological polar surface area (TPSA) is 97.1 Å². The van der Waals surface area contributed by atoms with Gasteiger partial charge in [0.25, 0.3) is 0 Å². The van der Waals surface area contributed by atoms with Crippen LogP contribution in [0.5, 0.6) is 11.5 Å². The second-order valence-electron chi connectivity index (χ2n) is 7.56. The fourth-order valence-corrected chi connectivity index (χ4v) is 3.73. The Balaban J connectivity index is 1.44. The Morgan fingerprint density at radius 2 is 1.66 bits per heavy atom. The number of hydrogen-bond donors (Lipinski definition) is 2. The predicted octanol–water partition coefficient (Wildman–Crippen LogP) is 2.67. The minimum Gasteiger partial charge on any atom is -0.497 e. The van der Waals surface area contributed by atoms with Gasteiger partial charge in [0.15, 0.2) is 0 Å². The summed E-state index contributed by atoms with van der Waals surface area (Å²) >= 11 is 5.94. The van der Waals surface area contributed by atoms with E-state index in [2.05, 4.69) is 10.2 Å². The largest absolute Gasteiger partial charge is 0.497 e. The number of hydrogen-bond acceptors (Lipinski definition) is 5. The van der Waals surface area contributed by atoms with Crippen molar-refractivity contribution in [1.82, 2.24) is 15.1 Å². The molecule has 8 nitrogen and oxygen atoms in total. The van der Waals surface area contributed by atoms with Gasteiger partial charge in [0, 0.05) is 37.7 Å². The number of urea groups is 1. The molecule has 3 amide bonds. The zero-order valence-electron chi connectivity index (χ0n) is 18.1. The number of primary amides is 1. The van der Waals surface area contributed by atoms with E-state index in [0.717, 1.165) is 36.7 Å². The Hall–Kier alpha value is -2.97. The molecule has 1 heterocycles. The van der Waals surface area contributed by atoms with E-state index in [9.17, 15) is 9.59 Å². The highest BCUT2D eigenvalue weighted by Gasteiger charge is 2.25. The third kappa shape index (κ3) is 7.03. The van der Waals surface area contributed by atoms with Crippen LogP contribution in [-0.2, 0) is 4.79 Å². The molecule has 1 fully saturated rings. The average molecular weight is 461 g/mol. The maximum Gasteiger partial charge on any atom is 0.312 e. The van der Waals surface area contributed by atoms with Crippen molar-refractivity contribution in [2.24, 2.45) is 5.73 Å². The van der Waals surface area contributed by atoms with E-state index in [4.69, 9.17) is 26.8 Å². The number of piperazine rings is 1. The molecular weight excluding hydrogens is 432 g/mol. The number of carbonyl (C=O) groups is 2. The minimum absolute atomic E-state index is 0.0205. The van der Waals surface area contributed by atoms with Gasteiger partial charge >= 0.3 is 6.03 Å². The molecule has 3 rings (SSSR count). The molecule has 1 aliphatic heterocycles. The average Bonchev–Trinajstić information content (AvgIpc) is 2.80. The second kappa shape index (κ2) is 11.6. The molecule has 0 aromatic heterocycles. The van der Waals surface area contributed by atoms with Gasteiger partial charge < -0.3 is 25.4 Å². The van der Waals surface area contributed by atoms with Crippen LogP contribution in [0.25, 0.3) is 0 Å². The maximum atomic E-state index is 12.8. The number of amides is 3. The Kier molecular flexibility index (Phi) is 8.58. The van der Waals surface area contributed by atoms with E-state index < -0.39 is 12.1 Å². The summed E-state index contributed by atoms with van der Waals surface area (Å²) in [5.41, 5.74) is 6.10. The lowest BCUT2D eigenvalue weighted by atomic mass is 10.0. The summed E-state index contributed by atoms with van der Waals surface area (Å²) < 4.78 is 10.9. The lowest BCUT2D eigenvalue weighted by molar-refractivity contribution is -0.133. The smallest absolute Gasteiger partial charge is 0.312 e. The van der Waals surface area contributed by atoms with Gasteiger partial charge in [-0.3, -0.25) is 9.69 Å². The number of nitrogens with one attached hydrogen (secondary N) is 1. The zero-order valence-corrected chi connectivity index (χ0v) is 18.9. The SMILES string of the molecule is COc1ccc(OCCN2CCN(C(=O)CC(NC(N)=O)c3ccc(Cl)cc3)CC2)cc1. The van der Waals surface area contributed by atoms with Gasteiger partial charge in [-0.05, 0) is 42.0 Å². The minimum atomic E-state index is -0.667. The van der Waals surface area contributed by atoms with Crippen LogP contribution in [-0.4, -0.2) is 68.2 Å². The van der Waals surface area contributed by atoms with Crippen molar-refractivity contribution in [2.45, 2.75) is 12.5 Å². The van der Waals surface area contributed by atoms with Gasteiger partial charge in [-0.1, -0.05) is 23.7 Å². The van der Waals surface area contributed by atoms with E-state index >= 15 is 0 Å². The fourth-order valence-electron chi connectivity index (χ4n) is 3.61. The lowest BCUT2D eigenvalue weighted by Gasteiger charge is -2.35. The van der Waals surface area contributed by atoms with Crippen LogP contribution in [0.15, 0.2) is 48.5 Å². The summed E-state index contributed by atoms with van der Waals surface area (Å²) in [4.78, 5) is 28.4. The summed E-state index contributed by atoms with van der Waals surface area (Å²) in [5, 5.41) is 3.25. The molecule has 1 unspecified atom stereocenters. The molecule has 32 heavy (non-hydrogen) atoms. The Morgan fingerprint density at radius 3 is 2.25 bits per heavy atom. The van der Waals surface area contributed by atoms with Crippen LogP contribution in [0.3, 0.4) is 0 Å². The van der Waals surface area contributed by atoms with Crippen molar-refractivity contribution in [2.75, 3.05) is 46.4 Å². The Morgan fingerprint density at radius 1 is 1.03 bits per heavy atom. The third-order valence-electron chi connectivity index (χ3n) is 5.43. The molecule has 0 spiro atoms. The summed E-state index contributed by atoms with van der Waals surface area (Å²) in [7, 11) is 1.63. The molecule has 172 valence electrons. The lowest BCUT2D eigenvalue weighted by Crippen LogP contribution is -2.50. The quantitative estimate of drug-likeness (QED) is 0.599.